The SMILES string of the molecule is Cc1cc([C@@H]2CCCN2C(=O)Nc2cccc3cnccc23)no1. The predicted octanol–water partition coefficient (Wildman–Crippen LogP) is 3.90. The van der Waals surface area contributed by atoms with E-state index in [0.717, 1.165) is 40.8 Å². The van der Waals surface area contributed by atoms with Gasteiger partial charge in [0, 0.05) is 35.8 Å². The third-order valence-corrected chi connectivity index (χ3v) is 4.42. The molecule has 1 saturated heterocycles. The third-order valence-electron chi connectivity index (χ3n) is 4.42. The molecule has 6 heteroatoms. The van der Waals surface area contributed by atoms with Gasteiger partial charge in [-0.3, -0.25) is 4.98 Å². The van der Waals surface area contributed by atoms with Crippen LogP contribution in [0.1, 0.15) is 30.3 Å². The molecule has 1 N–H and O–H groups in total. The Hall–Kier alpha value is -2.89. The highest BCUT2D eigenvalue weighted by Crippen LogP contribution is 2.32. The van der Waals surface area contributed by atoms with Crippen LogP contribution in [0.15, 0.2) is 47.2 Å². The summed E-state index contributed by atoms with van der Waals surface area (Å²) in [4.78, 5) is 18.7. The van der Waals surface area contributed by atoms with Crippen LogP contribution in [-0.2, 0) is 0 Å². The van der Waals surface area contributed by atoms with E-state index in [2.05, 4.69) is 15.5 Å². The lowest BCUT2D eigenvalue weighted by Crippen LogP contribution is -2.34. The molecule has 2 aromatic heterocycles. The van der Waals surface area contributed by atoms with Crippen LogP contribution >= 0.6 is 0 Å². The molecule has 1 aromatic carbocycles. The molecule has 122 valence electrons. The zero-order chi connectivity index (χ0) is 16.5. The molecule has 0 aliphatic carbocycles. The van der Waals surface area contributed by atoms with Gasteiger partial charge in [0.2, 0.25) is 0 Å². The largest absolute Gasteiger partial charge is 0.361 e. The standard InChI is InChI=1S/C18H18N4O2/c1-12-10-16(21-24-12)17-6-3-9-22(17)18(23)20-15-5-2-4-13-11-19-8-7-14(13)15/h2,4-5,7-8,10-11,17H,3,6,9H2,1H3,(H,20,23)/t17-/m0/s1. The molecule has 2 amide bonds. The first-order valence-electron chi connectivity index (χ1n) is 8.06. The van der Waals surface area contributed by atoms with Gasteiger partial charge in [-0.25, -0.2) is 4.79 Å². The van der Waals surface area contributed by atoms with Crippen LogP contribution in [0.4, 0.5) is 10.5 Å². The van der Waals surface area contributed by atoms with Crippen molar-refractivity contribution < 1.29 is 9.32 Å². The lowest BCUT2D eigenvalue weighted by atomic mass is 10.1. The van der Waals surface area contributed by atoms with E-state index >= 15 is 0 Å². The Morgan fingerprint density at radius 1 is 1.38 bits per heavy atom. The number of aromatic nitrogens is 2. The summed E-state index contributed by atoms with van der Waals surface area (Å²) < 4.78 is 5.17. The van der Waals surface area contributed by atoms with Gasteiger partial charge in [-0.15, -0.1) is 0 Å². The highest BCUT2D eigenvalue weighted by Gasteiger charge is 2.32. The molecule has 3 aromatic rings. The summed E-state index contributed by atoms with van der Waals surface area (Å²) in [6.45, 7) is 2.58. The fourth-order valence-electron chi connectivity index (χ4n) is 3.28. The van der Waals surface area contributed by atoms with Gasteiger partial charge in [0.25, 0.3) is 0 Å². The first-order chi connectivity index (χ1) is 11.7. The van der Waals surface area contributed by atoms with E-state index in [-0.39, 0.29) is 12.1 Å². The number of hydrogen-bond acceptors (Lipinski definition) is 4. The number of hydrogen-bond donors (Lipinski definition) is 1. The molecule has 0 unspecified atom stereocenters. The fraction of sp³-hybridized carbons (Fsp3) is 0.278. The number of carbonyl (C=O) groups excluding carboxylic acids is 1. The number of anilines is 1. The Bertz CT molecular complexity index is 884. The summed E-state index contributed by atoms with van der Waals surface area (Å²) in [5.74, 6) is 0.763. The van der Waals surface area contributed by atoms with Crippen LogP contribution in [0, 0.1) is 6.92 Å². The zero-order valence-corrected chi connectivity index (χ0v) is 13.4. The topological polar surface area (TPSA) is 71.3 Å². The molecule has 1 fully saturated rings. The van der Waals surface area contributed by atoms with Crippen molar-refractivity contribution in [3.8, 4) is 0 Å². The summed E-state index contributed by atoms with van der Waals surface area (Å²) in [6, 6.07) is 9.48. The average Bonchev–Trinajstić information content (AvgIpc) is 3.24. The highest BCUT2D eigenvalue weighted by molar-refractivity contribution is 6.01. The Labute approximate surface area is 139 Å². The van der Waals surface area contributed by atoms with Crippen LogP contribution in [0.2, 0.25) is 0 Å². The first kappa shape index (κ1) is 14.7. The van der Waals surface area contributed by atoms with Crippen LogP contribution in [-0.4, -0.2) is 27.6 Å². The number of rotatable bonds is 2. The highest BCUT2D eigenvalue weighted by atomic mass is 16.5. The minimum atomic E-state index is -0.109. The second-order valence-corrected chi connectivity index (χ2v) is 6.05. The number of benzene rings is 1. The molecule has 0 bridgehead atoms. The average molecular weight is 322 g/mol. The minimum absolute atomic E-state index is 0.0286. The smallest absolute Gasteiger partial charge is 0.322 e. The van der Waals surface area contributed by atoms with Crippen molar-refractivity contribution >= 4 is 22.5 Å². The number of amides is 2. The van der Waals surface area contributed by atoms with E-state index in [4.69, 9.17) is 4.52 Å². The number of fused-ring (bicyclic) bond motifs is 1. The van der Waals surface area contributed by atoms with Gasteiger partial charge in [0.15, 0.2) is 0 Å². The number of nitrogens with one attached hydrogen (secondary N) is 1. The summed E-state index contributed by atoms with van der Waals surface area (Å²) in [7, 11) is 0. The van der Waals surface area contributed by atoms with E-state index in [0.29, 0.717) is 6.54 Å². The van der Waals surface area contributed by atoms with E-state index < -0.39 is 0 Å². The molecule has 0 saturated carbocycles. The summed E-state index contributed by atoms with van der Waals surface area (Å²) in [5.41, 5.74) is 1.61. The van der Waals surface area contributed by atoms with Gasteiger partial charge in [0.05, 0.1) is 11.7 Å². The second-order valence-electron chi connectivity index (χ2n) is 6.05. The Kier molecular flexibility index (Phi) is 3.65. The maximum absolute atomic E-state index is 12.8. The van der Waals surface area contributed by atoms with Crippen molar-refractivity contribution in [3.63, 3.8) is 0 Å². The second kappa shape index (κ2) is 5.96. The molecule has 0 spiro atoms. The summed E-state index contributed by atoms with van der Waals surface area (Å²) in [5, 5.41) is 9.10. The molecule has 1 aliphatic heterocycles. The van der Waals surface area contributed by atoms with Crippen molar-refractivity contribution in [2.75, 3.05) is 11.9 Å². The number of carbonyl (C=O) groups is 1. The van der Waals surface area contributed by atoms with Gasteiger partial charge in [-0.2, -0.15) is 0 Å². The Morgan fingerprint density at radius 2 is 2.29 bits per heavy atom. The van der Waals surface area contributed by atoms with Crippen LogP contribution < -0.4 is 5.32 Å². The van der Waals surface area contributed by atoms with Crippen LogP contribution in [0.5, 0.6) is 0 Å². The molecular formula is C18H18N4O2. The predicted molar refractivity (Wildman–Crippen MR) is 90.7 cm³/mol. The molecular weight excluding hydrogens is 304 g/mol. The first-order valence-corrected chi connectivity index (χ1v) is 8.06. The molecule has 4 rings (SSSR count). The number of pyridine rings is 1. The number of aryl methyl sites for hydroxylation is 1. The number of urea groups is 1. The number of likely N-dealkylation sites (tertiary alicyclic amines) is 1. The summed E-state index contributed by atoms with van der Waals surface area (Å²) >= 11 is 0. The molecule has 3 heterocycles. The van der Waals surface area contributed by atoms with Gasteiger partial charge in [0.1, 0.15) is 11.5 Å². The van der Waals surface area contributed by atoms with Gasteiger partial charge < -0.3 is 14.7 Å². The van der Waals surface area contributed by atoms with Crippen molar-refractivity contribution in [2.45, 2.75) is 25.8 Å². The minimum Gasteiger partial charge on any atom is -0.361 e. The van der Waals surface area contributed by atoms with Crippen molar-refractivity contribution in [1.82, 2.24) is 15.0 Å². The van der Waals surface area contributed by atoms with E-state index in [1.807, 2.05) is 42.2 Å². The lowest BCUT2D eigenvalue weighted by molar-refractivity contribution is 0.204. The van der Waals surface area contributed by atoms with Crippen molar-refractivity contribution in [1.29, 1.82) is 0 Å². The maximum Gasteiger partial charge on any atom is 0.322 e. The lowest BCUT2D eigenvalue weighted by Gasteiger charge is -2.23. The van der Waals surface area contributed by atoms with E-state index in [1.165, 1.54) is 0 Å². The van der Waals surface area contributed by atoms with Crippen molar-refractivity contribution in [3.05, 3.63) is 54.2 Å². The van der Waals surface area contributed by atoms with Gasteiger partial charge >= 0.3 is 6.03 Å². The fourth-order valence-corrected chi connectivity index (χ4v) is 3.28. The maximum atomic E-state index is 12.8. The molecule has 1 atom stereocenters. The van der Waals surface area contributed by atoms with E-state index in [1.54, 1.807) is 12.4 Å². The van der Waals surface area contributed by atoms with Gasteiger partial charge in [-0.05, 0) is 31.9 Å². The van der Waals surface area contributed by atoms with Crippen molar-refractivity contribution in [2.24, 2.45) is 0 Å². The van der Waals surface area contributed by atoms with Crippen LogP contribution in [0.25, 0.3) is 10.8 Å². The van der Waals surface area contributed by atoms with Gasteiger partial charge in [-0.1, -0.05) is 17.3 Å². The zero-order valence-electron chi connectivity index (χ0n) is 13.4. The molecule has 1 aliphatic rings. The number of nitrogens with zero attached hydrogens (tertiary/aromatic N) is 3. The quantitative estimate of drug-likeness (QED) is 0.776. The Balaban J connectivity index is 1.59. The normalized spacial score (nSPS) is 17.4. The molecule has 24 heavy (non-hydrogen) atoms. The summed E-state index contributed by atoms with van der Waals surface area (Å²) in [6.07, 6.45) is 5.39. The van der Waals surface area contributed by atoms with E-state index in [9.17, 15) is 4.79 Å². The Morgan fingerprint density at radius 3 is 3.12 bits per heavy atom. The monoisotopic (exact) mass is 322 g/mol. The van der Waals surface area contributed by atoms with Crippen LogP contribution in [0.3, 0.4) is 0 Å². The third kappa shape index (κ3) is 2.60. The molecule has 0 radical (unpaired) electrons. The molecule has 6 nitrogen and oxygen atoms in total.